The molecule has 224 valence electrons. The van der Waals surface area contributed by atoms with E-state index < -0.39 is 0 Å². The van der Waals surface area contributed by atoms with E-state index in [1.54, 1.807) is 0 Å². The first-order valence-electron chi connectivity index (χ1n) is 15.8. The van der Waals surface area contributed by atoms with Gasteiger partial charge in [-0.15, -0.1) is 0 Å². The minimum Gasteiger partial charge on any atom is -0.456 e. The van der Waals surface area contributed by atoms with Gasteiger partial charge in [-0.25, -0.2) is 19.9 Å². The van der Waals surface area contributed by atoms with Crippen LogP contribution in [-0.4, -0.2) is 19.9 Å². The number of para-hydroxylation sites is 2. The minimum atomic E-state index is 0.584. The quantitative estimate of drug-likeness (QED) is 0.196. The Hall–Kier alpha value is -6.66. The van der Waals surface area contributed by atoms with Crippen LogP contribution in [0.2, 0.25) is 0 Å². The third-order valence-corrected chi connectivity index (χ3v) is 8.97. The summed E-state index contributed by atoms with van der Waals surface area (Å²) in [5, 5.41) is 6.29. The molecule has 0 aliphatic rings. The van der Waals surface area contributed by atoms with E-state index in [2.05, 4.69) is 60.7 Å². The Morgan fingerprint density at radius 3 is 1.62 bits per heavy atom. The van der Waals surface area contributed by atoms with E-state index >= 15 is 0 Å². The molecule has 0 N–H and O–H groups in total. The summed E-state index contributed by atoms with van der Waals surface area (Å²) in [7, 11) is 0. The lowest BCUT2D eigenvalue weighted by molar-refractivity contribution is 0.655. The van der Waals surface area contributed by atoms with Gasteiger partial charge in [0.2, 0.25) is 5.71 Å². The maximum absolute atomic E-state index is 6.23. The van der Waals surface area contributed by atoms with Crippen LogP contribution in [0, 0.1) is 0 Å². The third kappa shape index (κ3) is 4.13. The van der Waals surface area contributed by atoms with E-state index in [-0.39, 0.29) is 0 Å². The van der Waals surface area contributed by atoms with Crippen molar-refractivity contribution < 1.29 is 8.83 Å². The highest BCUT2D eigenvalue weighted by Gasteiger charge is 2.19. The lowest BCUT2D eigenvalue weighted by atomic mass is 10.00. The van der Waals surface area contributed by atoms with Crippen LogP contribution in [0.15, 0.2) is 154 Å². The van der Waals surface area contributed by atoms with Crippen molar-refractivity contribution in [3.05, 3.63) is 146 Å². The number of hydrogen-bond acceptors (Lipinski definition) is 6. The highest BCUT2D eigenvalue weighted by Crippen LogP contribution is 2.39. The van der Waals surface area contributed by atoms with Crippen LogP contribution in [0.25, 0.3) is 100 Å². The zero-order chi connectivity index (χ0) is 31.6. The standard InChI is InChI=1S/C42H24N4O2/c1-2-11-26(12-3-1)39-44-40(46-41(45-39)32-17-10-20-35-36(32)30-15-6-8-18-33(30)47-35)27-23-21-25(22-24-27)38-29-14-5-4-13-28(29)37-31-16-7-9-19-34(31)48-42(37)43-38/h1-24H. The van der Waals surface area contributed by atoms with Crippen molar-refractivity contribution >= 4 is 54.8 Å². The van der Waals surface area contributed by atoms with Gasteiger partial charge in [0.05, 0.1) is 11.1 Å². The van der Waals surface area contributed by atoms with Crippen LogP contribution in [0.5, 0.6) is 0 Å². The second-order valence-corrected chi connectivity index (χ2v) is 11.8. The molecule has 6 nitrogen and oxygen atoms in total. The van der Waals surface area contributed by atoms with Crippen LogP contribution in [0.4, 0.5) is 0 Å². The molecule has 0 unspecified atom stereocenters. The summed E-state index contributed by atoms with van der Waals surface area (Å²) >= 11 is 0. The summed E-state index contributed by atoms with van der Waals surface area (Å²) in [5.74, 6) is 1.77. The van der Waals surface area contributed by atoms with E-state index in [0.29, 0.717) is 23.2 Å². The SMILES string of the molecule is c1ccc(-c2nc(-c3ccc(-c4nc5oc6ccccc6c5c5ccccc45)cc3)nc(-c3cccc4oc5ccccc5c34)n2)cc1. The van der Waals surface area contributed by atoms with E-state index in [4.69, 9.17) is 28.8 Å². The molecular weight excluding hydrogens is 592 g/mol. The zero-order valence-corrected chi connectivity index (χ0v) is 25.5. The first-order valence-corrected chi connectivity index (χ1v) is 15.8. The number of hydrogen-bond donors (Lipinski definition) is 0. The van der Waals surface area contributed by atoms with Crippen molar-refractivity contribution in [1.82, 2.24) is 19.9 Å². The maximum atomic E-state index is 6.23. The second kappa shape index (κ2) is 10.4. The van der Waals surface area contributed by atoms with Crippen LogP contribution in [-0.2, 0) is 0 Å². The Bertz CT molecular complexity index is 2840. The van der Waals surface area contributed by atoms with E-state index in [9.17, 15) is 0 Å². The van der Waals surface area contributed by atoms with Crippen molar-refractivity contribution in [3.63, 3.8) is 0 Å². The highest BCUT2D eigenvalue weighted by atomic mass is 16.3. The smallest absolute Gasteiger partial charge is 0.228 e. The average Bonchev–Trinajstić information content (AvgIpc) is 3.73. The van der Waals surface area contributed by atoms with Crippen molar-refractivity contribution in [2.24, 2.45) is 0 Å². The van der Waals surface area contributed by atoms with Crippen LogP contribution < -0.4 is 0 Å². The molecule has 0 aliphatic carbocycles. The molecule has 0 spiro atoms. The molecule has 0 atom stereocenters. The molecule has 0 amide bonds. The van der Waals surface area contributed by atoms with Gasteiger partial charge in [-0.05, 0) is 23.6 Å². The lowest BCUT2D eigenvalue weighted by Crippen LogP contribution is -2.00. The molecule has 0 saturated carbocycles. The van der Waals surface area contributed by atoms with E-state index in [1.807, 2.05) is 84.9 Å². The summed E-state index contributed by atoms with van der Waals surface area (Å²) in [6, 6.07) is 48.8. The van der Waals surface area contributed by atoms with E-state index in [0.717, 1.165) is 77.0 Å². The van der Waals surface area contributed by atoms with Gasteiger partial charge in [0.15, 0.2) is 17.5 Å². The predicted octanol–water partition coefficient (Wildman–Crippen LogP) is 10.9. The maximum Gasteiger partial charge on any atom is 0.228 e. The fourth-order valence-electron chi connectivity index (χ4n) is 6.74. The van der Waals surface area contributed by atoms with Crippen LogP contribution in [0.1, 0.15) is 0 Å². The molecule has 6 aromatic carbocycles. The monoisotopic (exact) mass is 616 g/mol. The van der Waals surface area contributed by atoms with Gasteiger partial charge in [0.1, 0.15) is 16.7 Å². The molecular formula is C42H24N4O2. The molecule has 0 aliphatic heterocycles. The zero-order valence-electron chi connectivity index (χ0n) is 25.5. The largest absolute Gasteiger partial charge is 0.456 e. The minimum absolute atomic E-state index is 0.584. The summed E-state index contributed by atoms with van der Waals surface area (Å²) < 4.78 is 12.4. The Labute approximate surface area is 274 Å². The number of benzene rings is 6. The van der Waals surface area contributed by atoms with Crippen molar-refractivity contribution in [2.45, 2.75) is 0 Å². The van der Waals surface area contributed by atoms with Crippen LogP contribution >= 0.6 is 0 Å². The van der Waals surface area contributed by atoms with E-state index in [1.165, 1.54) is 0 Å². The Balaban J connectivity index is 1.14. The number of aromatic nitrogens is 4. The summed E-state index contributed by atoms with van der Waals surface area (Å²) in [5.41, 5.74) is 7.60. The Morgan fingerprint density at radius 1 is 0.333 bits per heavy atom. The fraction of sp³-hybridized carbons (Fsp3) is 0. The van der Waals surface area contributed by atoms with Gasteiger partial charge >= 0.3 is 0 Å². The fourth-order valence-corrected chi connectivity index (χ4v) is 6.74. The van der Waals surface area contributed by atoms with Gasteiger partial charge < -0.3 is 8.83 Å². The molecule has 0 fully saturated rings. The number of nitrogens with zero attached hydrogens (tertiary/aromatic N) is 4. The molecule has 0 saturated heterocycles. The van der Waals surface area contributed by atoms with Crippen LogP contribution in [0.3, 0.4) is 0 Å². The van der Waals surface area contributed by atoms with Gasteiger partial charge in [-0.2, -0.15) is 0 Å². The second-order valence-electron chi connectivity index (χ2n) is 11.8. The van der Waals surface area contributed by atoms with Gasteiger partial charge in [0.25, 0.3) is 0 Å². The Morgan fingerprint density at radius 2 is 0.875 bits per heavy atom. The summed E-state index contributed by atoms with van der Waals surface area (Å²) in [4.78, 5) is 20.1. The van der Waals surface area contributed by atoms with Crippen molar-refractivity contribution in [3.8, 4) is 45.4 Å². The van der Waals surface area contributed by atoms with Crippen molar-refractivity contribution in [1.29, 1.82) is 0 Å². The normalized spacial score (nSPS) is 11.8. The number of fused-ring (bicyclic) bond motifs is 8. The van der Waals surface area contributed by atoms with Gasteiger partial charge in [-0.3, -0.25) is 0 Å². The first-order chi connectivity index (χ1) is 23.8. The Kier molecular flexibility index (Phi) is 5.77. The predicted molar refractivity (Wildman–Crippen MR) is 191 cm³/mol. The molecule has 6 heteroatoms. The van der Waals surface area contributed by atoms with Gasteiger partial charge in [0, 0.05) is 43.8 Å². The first kappa shape index (κ1) is 26.5. The molecule has 4 aromatic heterocycles. The molecule has 4 heterocycles. The number of rotatable bonds is 4. The van der Waals surface area contributed by atoms with Crippen molar-refractivity contribution in [2.75, 3.05) is 0 Å². The topological polar surface area (TPSA) is 77.8 Å². The number of pyridine rings is 1. The molecule has 0 radical (unpaired) electrons. The summed E-state index contributed by atoms with van der Waals surface area (Å²) in [6.07, 6.45) is 0. The van der Waals surface area contributed by atoms with Gasteiger partial charge in [-0.1, -0.05) is 127 Å². The highest BCUT2D eigenvalue weighted by molar-refractivity contribution is 6.20. The lowest BCUT2D eigenvalue weighted by Gasteiger charge is -2.10. The average molecular weight is 617 g/mol. The summed E-state index contributed by atoms with van der Waals surface area (Å²) in [6.45, 7) is 0. The molecule has 10 aromatic rings. The molecule has 0 bridgehead atoms. The number of furan rings is 2. The molecule has 48 heavy (non-hydrogen) atoms. The molecule has 10 rings (SSSR count). The third-order valence-electron chi connectivity index (χ3n) is 8.97.